The first-order chi connectivity index (χ1) is 26.5. The molecule has 1 saturated heterocycles. The van der Waals surface area contributed by atoms with Gasteiger partial charge in [0.25, 0.3) is 5.91 Å². The van der Waals surface area contributed by atoms with E-state index in [9.17, 15) is 24.0 Å². The quantitative estimate of drug-likeness (QED) is 0.118. The number of carbonyl (C=O) groups excluding carboxylic acids is 5. The Morgan fingerprint density at radius 3 is 1.56 bits per heavy atom. The second kappa shape index (κ2) is 17.6. The van der Waals surface area contributed by atoms with Crippen LogP contribution >= 0.6 is 23.2 Å². The van der Waals surface area contributed by atoms with Crippen LogP contribution < -0.4 is 37.8 Å². The summed E-state index contributed by atoms with van der Waals surface area (Å²) in [6.45, 7) is 9.60. The predicted molar refractivity (Wildman–Crippen MR) is 218 cm³/mol. The van der Waals surface area contributed by atoms with Crippen molar-refractivity contribution in [1.82, 2.24) is 21.3 Å². The second-order valence-electron chi connectivity index (χ2n) is 16.2. The number of hydrogen-bond donors (Lipinski definition) is 6. The molecule has 0 radical (unpaired) electrons. The predicted octanol–water partition coefficient (Wildman–Crippen LogP) is 2.44. The third-order valence-corrected chi connectivity index (χ3v) is 10.6. The monoisotopic (exact) mass is 826 g/mol. The lowest BCUT2D eigenvalue weighted by Crippen LogP contribution is -2.97. The number of amides is 5. The Morgan fingerprint density at radius 2 is 1.11 bits per heavy atom. The minimum Gasteiger partial charge on any atom is -0.543 e. The molecule has 0 bridgehead atoms. The van der Waals surface area contributed by atoms with Gasteiger partial charge in [0.1, 0.15) is 16.6 Å². The molecule has 1 aliphatic heterocycles. The highest BCUT2D eigenvalue weighted by molar-refractivity contribution is 6.76. The summed E-state index contributed by atoms with van der Waals surface area (Å²) in [6.07, 6.45) is -1.36. The Balaban J connectivity index is 1.49. The lowest BCUT2D eigenvalue weighted by molar-refractivity contribution is -0.720. The Bertz CT molecular complexity index is 1960. The van der Waals surface area contributed by atoms with Gasteiger partial charge in [-0.05, 0) is 91.3 Å². The topological polar surface area (TPSA) is 204 Å². The van der Waals surface area contributed by atoms with Gasteiger partial charge in [-0.25, -0.2) is 0 Å². The third-order valence-electron chi connectivity index (χ3n) is 9.92. The molecule has 1 fully saturated rings. The minimum atomic E-state index is -2.58. The number of primary amides is 1. The molecule has 308 valence electrons. The van der Waals surface area contributed by atoms with Gasteiger partial charge in [-0.1, -0.05) is 83.9 Å². The van der Waals surface area contributed by atoms with Crippen LogP contribution in [0.5, 0.6) is 0 Å². The van der Waals surface area contributed by atoms with Crippen LogP contribution in [-0.2, 0) is 44.5 Å². The van der Waals surface area contributed by atoms with E-state index in [1.165, 1.54) is 48.7 Å². The summed E-state index contributed by atoms with van der Waals surface area (Å²) in [5.74, 6) is -3.16. The van der Waals surface area contributed by atoms with Gasteiger partial charge in [0.05, 0.1) is 25.3 Å². The Labute approximate surface area is 343 Å². The Kier molecular flexibility index (Phi) is 13.9. The fourth-order valence-electron chi connectivity index (χ4n) is 6.24. The summed E-state index contributed by atoms with van der Waals surface area (Å²) >= 11 is 13.4. The molecule has 0 unspecified atom stereocenters. The van der Waals surface area contributed by atoms with E-state index in [0.717, 1.165) is 5.56 Å². The molecule has 0 aromatic heterocycles. The summed E-state index contributed by atoms with van der Waals surface area (Å²) in [5, 5.41) is 13.2. The van der Waals surface area contributed by atoms with Crippen LogP contribution in [0.15, 0.2) is 72.8 Å². The van der Waals surface area contributed by atoms with Crippen molar-refractivity contribution in [1.29, 1.82) is 0 Å². The van der Waals surface area contributed by atoms with Gasteiger partial charge in [0, 0.05) is 10.0 Å². The van der Waals surface area contributed by atoms with E-state index in [1.807, 2.05) is 66.0 Å². The van der Waals surface area contributed by atoms with E-state index in [1.54, 1.807) is 26.0 Å². The van der Waals surface area contributed by atoms with Crippen LogP contribution in [-0.4, -0.2) is 72.1 Å². The number of carbonyl (C=O) groups is 5. The number of hydrogen-bond acceptors (Lipinski definition) is 8. The molecule has 1 heterocycles. The van der Waals surface area contributed by atoms with Gasteiger partial charge >= 0.3 is 6.75 Å². The van der Waals surface area contributed by atoms with E-state index >= 15 is 0 Å². The molecule has 4 rings (SSSR count). The number of halogens is 2. The number of nitrogens with two attached hydrogens (primary N) is 2. The van der Waals surface area contributed by atoms with Crippen molar-refractivity contribution >= 4 is 65.0 Å². The third kappa shape index (κ3) is 10.5. The average molecular weight is 828 g/mol. The van der Waals surface area contributed by atoms with Crippen molar-refractivity contribution in [3.05, 3.63) is 99.5 Å². The van der Waals surface area contributed by atoms with Crippen molar-refractivity contribution in [3.63, 3.8) is 0 Å². The lowest BCUT2D eigenvalue weighted by Gasteiger charge is -2.37. The van der Waals surface area contributed by atoms with Gasteiger partial charge in [-0.15, -0.1) is 5.46 Å². The molecule has 1 aliphatic rings. The molecule has 3 aromatic carbocycles. The van der Waals surface area contributed by atoms with Crippen LogP contribution in [0.2, 0.25) is 10.0 Å². The maximum atomic E-state index is 13.8. The van der Waals surface area contributed by atoms with Crippen molar-refractivity contribution in [2.75, 3.05) is 13.7 Å². The number of benzene rings is 3. The van der Waals surface area contributed by atoms with E-state index in [4.69, 9.17) is 42.9 Å². The maximum absolute atomic E-state index is 13.8. The molecule has 0 saturated carbocycles. The molecule has 57 heavy (non-hydrogen) atoms. The largest absolute Gasteiger partial charge is 0.543 e. The molecule has 0 aliphatic carbocycles. The first-order valence-corrected chi connectivity index (χ1v) is 19.2. The van der Waals surface area contributed by atoms with Crippen LogP contribution in [0, 0.1) is 0 Å². The molecule has 0 spiro atoms. The molecule has 17 heteroatoms. The van der Waals surface area contributed by atoms with E-state index in [0.29, 0.717) is 26.6 Å². The molecular formula is C40H53BCl2N6O8. The zero-order valence-corrected chi connectivity index (χ0v) is 35.3. The van der Waals surface area contributed by atoms with Crippen molar-refractivity contribution in [2.45, 2.75) is 96.3 Å². The fraction of sp³-hybridized carbons (Fsp3) is 0.425. The number of quaternary nitrogens is 1. The van der Waals surface area contributed by atoms with Gasteiger partial charge in [-0.3, -0.25) is 24.0 Å². The zero-order chi connectivity index (χ0) is 42.6. The van der Waals surface area contributed by atoms with Crippen LogP contribution in [0.3, 0.4) is 0 Å². The summed E-state index contributed by atoms with van der Waals surface area (Å²) in [5.41, 5.74) is 2.39. The van der Waals surface area contributed by atoms with E-state index in [-0.39, 0.29) is 6.54 Å². The first-order valence-electron chi connectivity index (χ1n) is 18.5. The summed E-state index contributed by atoms with van der Waals surface area (Å²) in [6, 6.07) is 22.2. The Hall–Kier alpha value is -4.51. The molecule has 5 amide bonds. The summed E-state index contributed by atoms with van der Waals surface area (Å²) < 4.78 is 19.7. The van der Waals surface area contributed by atoms with Crippen molar-refractivity contribution < 1.29 is 43.3 Å². The number of rotatable bonds is 16. The fourth-order valence-corrected chi connectivity index (χ4v) is 6.72. The van der Waals surface area contributed by atoms with Gasteiger partial charge in [0.2, 0.25) is 23.6 Å². The van der Waals surface area contributed by atoms with Crippen LogP contribution in [0.1, 0.15) is 84.3 Å². The van der Waals surface area contributed by atoms with E-state index < -0.39 is 77.2 Å². The highest BCUT2D eigenvalue weighted by atomic mass is 35.5. The zero-order valence-electron chi connectivity index (χ0n) is 33.8. The first kappa shape index (κ1) is 45.2. The summed E-state index contributed by atoms with van der Waals surface area (Å²) in [4.78, 5) is 64.3. The van der Waals surface area contributed by atoms with Crippen LogP contribution in [0.25, 0.3) is 0 Å². The standard InChI is InChI=1S/C40H52BCl2N6O8/c1-37(2,34(52)47-39(5,6)36(54)49-40(7,8)35(53)48-38(3,4)33(51)45-23-30(44)50)46-22-24-16-10-13-19-27(24)41(55-9)56-31(25-17-11-14-20-28(25)42)32(57-41)26-18-12-15-21-29(26)43/h10-21,31-32,46H,22-23H2,1-9H3,(H2,44,50)(H,45,51)(H,47,52)(H,48,53)(H,49,54)/q-1/p+1/t31-,32-/m1/s1. The number of nitrogens with one attached hydrogen (secondary N) is 4. The normalized spacial score (nSPS) is 17.0. The van der Waals surface area contributed by atoms with Crippen LogP contribution in [0.4, 0.5) is 0 Å². The van der Waals surface area contributed by atoms with E-state index in [2.05, 4.69) is 21.3 Å². The SMILES string of the molecule is CO[B-]1(c2ccccc2C[NH2+]C(C)(C)C(=O)NC(C)(C)C(=O)NC(C)(C)C(=O)NC(C)(C)C(=O)NCC(N)=O)O[C@H](c2ccccc2Cl)[C@@H](c2ccccc2Cl)O1. The molecule has 3 aromatic rings. The smallest absolute Gasteiger partial charge is 0.410 e. The highest BCUT2D eigenvalue weighted by Crippen LogP contribution is 2.48. The lowest BCUT2D eigenvalue weighted by atomic mass is 9.67. The molecule has 2 atom stereocenters. The molecule has 14 nitrogen and oxygen atoms in total. The van der Waals surface area contributed by atoms with Crippen molar-refractivity contribution in [3.8, 4) is 0 Å². The van der Waals surface area contributed by atoms with Gasteiger partial charge in [-0.2, -0.15) is 0 Å². The maximum Gasteiger partial charge on any atom is 0.410 e. The van der Waals surface area contributed by atoms with Gasteiger partial charge in [0.15, 0.2) is 5.54 Å². The summed E-state index contributed by atoms with van der Waals surface area (Å²) in [7, 11) is 1.51. The minimum absolute atomic E-state index is 0.284. The second-order valence-corrected chi connectivity index (χ2v) is 17.1. The van der Waals surface area contributed by atoms with Crippen molar-refractivity contribution in [2.24, 2.45) is 5.73 Å². The molecule has 8 N–H and O–H groups in total. The molecular weight excluding hydrogens is 774 g/mol. The van der Waals surface area contributed by atoms with Gasteiger partial charge < -0.3 is 46.3 Å². The highest BCUT2D eigenvalue weighted by Gasteiger charge is 2.48. The average Bonchev–Trinajstić information content (AvgIpc) is 3.53. The Morgan fingerprint density at radius 1 is 0.684 bits per heavy atom.